The second-order valence-corrected chi connectivity index (χ2v) is 16.2. The van der Waals surface area contributed by atoms with E-state index < -0.39 is 0 Å². The number of fused-ring (bicyclic) bond motifs is 2. The van der Waals surface area contributed by atoms with Crippen LogP contribution in [0.15, 0.2) is 72.8 Å². The average molecular weight is 729 g/mol. The number of nitrogens with zero attached hydrogens (tertiary/aromatic N) is 8. The Morgan fingerprint density at radius 2 is 0.870 bits per heavy atom. The van der Waals surface area contributed by atoms with E-state index in [1.807, 2.05) is 124 Å². The lowest BCUT2D eigenvalue weighted by Gasteiger charge is -2.35. The van der Waals surface area contributed by atoms with Crippen molar-refractivity contribution >= 4 is 33.9 Å². The van der Waals surface area contributed by atoms with Crippen LogP contribution in [0, 0.1) is 0 Å². The molecule has 7 rings (SSSR count). The van der Waals surface area contributed by atoms with Gasteiger partial charge in [0.15, 0.2) is 0 Å². The van der Waals surface area contributed by atoms with Crippen LogP contribution in [0.4, 0.5) is 0 Å². The van der Waals surface area contributed by atoms with Gasteiger partial charge in [0.2, 0.25) is 11.8 Å². The summed E-state index contributed by atoms with van der Waals surface area (Å²) in [6.07, 6.45) is 1.58. The number of piperazine rings is 1. The fourth-order valence-corrected chi connectivity index (χ4v) is 7.05. The zero-order valence-corrected chi connectivity index (χ0v) is 31.9. The number of rotatable bonds is 8. The maximum atomic E-state index is 13.4. The molecule has 0 saturated carbocycles. The normalized spacial score (nSPS) is 14.0. The van der Waals surface area contributed by atoms with Crippen LogP contribution in [-0.4, -0.2) is 88.0 Å². The van der Waals surface area contributed by atoms with Crippen LogP contribution in [0.3, 0.4) is 0 Å². The van der Waals surface area contributed by atoms with Crippen LogP contribution >= 0.6 is 0 Å². The number of aromatic hydroxyl groups is 2. The number of aromatic nitrogens is 6. The van der Waals surface area contributed by atoms with Gasteiger partial charge in [-0.05, 0) is 71.2 Å². The highest BCUT2D eigenvalue weighted by atomic mass is 16.3. The van der Waals surface area contributed by atoms with E-state index in [0.29, 0.717) is 63.2 Å². The molecule has 3 heterocycles. The van der Waals surface area contributed by atoms with Gasteiger partial charge in [0, 0.05) is 50.1 Å². The number of hydrogen-bond acceptors (Lipinski definition) is 8. The molecule has 0 radical (unpaired) electrons. The molecule has 1 aliphatic heterocycles. The van der Waals surface area contributed by atoms with Crippen LogP contribution < -0.4 is 0 Å². The SMILES string of the molecule is CC(C)(C)c1cc(CCC(=O)N2CCN(C(=O)CCc3cc(-n4nc5ccccc5n4)c(O)c(C(C)(C)C)c3)CC2)cc(-n2nc3ccccc3n2)c1O. The lowest BCUT2D eigenvalue weighted by molar-refractivity contribution is -0.139. The molecule has 0 aliphatic carbocycles. The van der Waals surface area contributed by atoms with E-state index in [0.717, 1.165) is 44.3 Å². The van der Waals surface area contributed by atoms with Crippen LogP contribution in [0.25, 0.3) is 33.4 Å². The number of amides is 2. The van der Waals surface area contributed by atoms with Crippen molar-refractivity contribution in [1.29, 1.82) is 0 Å². The maximum Gasteiger partial charge on any atom is 0.223 e. The molecule has 6 aromatic rings. The number of carbonyl (C=O) groups excluding carboxylic acids is 2. The van der Waals surface area contributed by atoms with Gasteiger partial charge in [-0.3, -0.25) is 9.59 Å². The molecule has 1 saturated heterocycles. The van der Waals surface area contributed by atoms with Gasteiger partial charge >= 0.3 is 0 Å². The number of carbonyl (C=O) groups is 2. The van der Waals surface area contributed by atoms with Crippen LogP contribution in [0.5, 0.6) is 11.5 Å². The molecule has 54 heavy (non-hydrogen) atoms. The van der Waals surface area contributed by atoms with Crippen LogP contribution in [0.1, 0.15) is 76.6 Å². The topological polar surface area (TPSA) is 142 Å². The number of phenolic OH excluding ortho intramolecular Hbond substituents is 2. The third kappa shape index (κ3) is 7.50. The minimum Gasteiger partial charge on any atom is -0.505 e. The lowest BCUT2D eigenvalue weighted by Crippen LogP contribution is -2.50. The summed E-state index contributed by atoms with van der Waals surface area (Å²) in [5.41, 5.74) is 6.56. The zero-order valence-electron chi connectivity index (χ0n) is 31.9. The highest BCUT2D eigenvalue weighted by Gasteiger charge is 2.27. The van der Waals surface area contributed by atoms with E-state index in [4.69, 9.17) is 0 Å². The summed E-state index contributed by atoms with van der Waals surface area (Å²) < 4.78 is 0. The highest BCUT2D eigenvalue weighted by Crippen LogP contribution is 2.38. The van der Waals surface area contributed by atoms with Crippen molar-refractivity contribution in [3.05, 3.63) is 95.1 Å². The third-order valence-corrected chi connectivity index (χ3v) is 10.2. The van der Waals surface area contributed by atoms with Crippen molar-refractivity contribution in [2.75, 3.05) is 26.2 Å². The Labute approximate surface area is 315 Å². The molecule has 2 aromatic heterocycles. The second-order valence-electron chi connectivity index (χ2n) is 16.2. The van der Waals surface area contributed by atoms with Crippen molar-refractivity contribution in [3.63, 3.8) is 0 Å². The Morgan fingerprint density at radius 1 is 0.556 bits per heavy atom. The number of aryl methyl sites for hydroxylation is 2. The zero-order chi connectivity index (χ0) is 38.4. The summed E-state index contributed by atoms with van der Waals surface area (Å²) in [4.78, 5) is 33.5. The molecule has 12 nitrogen and oxygen atoms in total. The standard InChI is InChI=1S/C42H48N8O4/c1-41(2,3)29-23-27(25-35(39(29)53)49-43-31-11-7-8-12-32(31)44-49)15-17-37(51)47-19-21-48(22-20-47)38(52)18-16-28-24-30(42(4,5)6)40(54)36(26-28)50-45-33-13-9-10-14-34(33)46-50/h7-14,23-26,53-54H,15-22H2,1-6H3. The van der Waals surface area contributed by atoms with Gasteiger partial charge < -0.3 is 20.0 Å². The Morgan fingerprint density at radius 3 is 1.17 bits per heavy atom. The Bertz CT molecular complexity index is 2120. The first-order valence-electron chi connectivity index (χ1n) is 18.6. The molecule has 2 amide bonds. The van der Waals surface area contributed by atoms with E-state index in [-0.39, 0.29) is 34.1 Å². The van der Waals surface area contributed by atoms with Gasteiger partial charge in [-0.25, -0.2) is 0 Å². The minimum atomic E-state index is -0.347. The number of phenols is 2. The molecular formula is C42H48N8O4. The van der Waals surface area contributed by atoms with Crippen molar-refractivity contribution in [2.45, 2.75) is 78.1 Å². The Kier molecular flexibility index (Phi) is 9.63. The third-order valence-electron chi connectivity index (χ3n) is 10.2. The van der Waals surface area contributed by atoms with E-state index in [1.54, 1.807) is 0 Å². The first-order valence-corrected chi connectivity index (χ1v) is 18.6. The van der Waals surface area contributed by atoms with E-state index >= 15 is 0 Å². The van der Waals surface area contributed by atoms with Crippen molar-refractivity contribution in [1.82, 2.24) is 39.8 Å². The number of benzene rings is 4. The molecule has 1 fully saturated rings. The summed E-state index contributed by atoms with van der Waals surface area (Å²) in [6, 6.07) is 22.8. The smallest absolute Gasteiger partial charge is 0.223 e. The summed E-state index contributed by atoms with van der Waals surface area (Å²) in [5, 5.41) is 41.0. The molecule has 0 bridgehead atoms. The van der Waals surface area contributed by atoms with Crippen molar-refractivity contribution < 1.29 is 19.8 Å². The molecule has 0 atom stereocenters. The van der Waals surface area contributed by atoms with Crippen molar-refractivity contribution in [3.8, 4) is 22.9 Å². The fraction of sp³-hybridized carbons (Fsp3) is 0.381. The second kappa shape index (κ2) is 14.2. The Balaban J connectivity index is 0.983. The summed E-state index contributed by atoms with van der Waals surface area (Å²) >= 11 is 0. The van der Waals surface area contributed by atoms with Gasteiger partial charge in [-0.2, -0.15) is 0 Å². The van der Waals surface area contributed by atoms with Gasteiger partial charge in [0.05, 0.1) is 0 Å². The molecule has 2 N–H and O–H groups in total. The predicted octanol–water partition coefficient (Wildman–Crippen LogP) is 6.40. The first-order chi connectivity index (χ1) is 25.7. The highest BCUT2D eigenvalue weighted by molar-refractivity contribution is 5.79. The summed E-state index contributed by atoms with van der Waals surface area (Å²) in [7, 11) is 0. The molecule has 0 unspecified atom stereocenters. The maximum absolute atomic E-state index is 13.4. The largest absolute Gasteiger partial charge is 0.505 e. The first kappa shape index (κ1) is 36.6. The summed E-state index contributed by atoms with van der Waals surface area (Å²) in [5.74, 6) is 0.317. The minimum absolute atomic E-state index is 0.0307. The summed E-state index contributed by atoms with van der Waals surface area (Å²) in [6.45, 7) is 14.1. The molecule has 4 aromatic carbocycles. The van der Waals surface area contributed by atoms with E-state index in [9.17, 15) is 19.8 Å². The lowest BCUT2D eigenvalue weighted by atomic mass is 9.84. The van der Waals surface area contributed by atoms with Crippen LogP contribution in [-0.2, 0) is 33.3 Å². The average Bonchev–Trinajstić information content (AvgIpc) is 3.77. The predicted molar refractivity (Wildman–Crippen MR) is 208 cm³/mol. The van der Waals surface area contributed by atoms with Gasteiger partial charge in [-0.15, -0.1) is 30.0 Å². The van der Waals surface area contributed by atoms with Gasteiger partial charge in [-0.1, -0.05) is 77.9 Å². The van der Waals surface area contributed by atoms with Crippen molar-refractivity contribution in [2.24, 2.45) is 0 Å². The molecule has 280 valence electrons. The Hall–Kier alpha value is -5.78. The van der Waals surface area contributed by atoms with Crippen LogP contribution in [0.2, 0.25) is 0 Å². The van der Waals surface area contributed by atoms with Gasteiger partial charge in [0.1, 0.15) is 44.9 Å². The number of hydrogen-bond donors (Lipinski definition) is 2. The monoisotopic (exact) mass is 728 g/mol. The molecule has 1 aliphatic rings. The molecule has 0 spiro atoms. The van der Waals surface area contributed by atoms with E-state index in [1.165, 1.54) is 9.59 Å². The molecular weight excluding hydrogens is 681 g/mol. The fourth-order valence-electron chi connectivity index (χ4n) is 7.05. The quantitative estimate of drug-likeness (QED) is 0.184. The van der Waals surface area contributed by atoms with Gasteiger partial charge in [0.25, 0.3) is 0 Å². The van der Waals surface area contributed by atoms with E-state index in [2.05, 4.69) is 20.4 Å². The molecule has 12 heteroatoms.